The molecule has 1 atom stereocenters. The average Bonchev–Trinajstić information content (AvgIpc) is 2.57. The highest BCUT2D eigenvalue weighted by molar-refractivity contribution is 7.93. The molecule has 1 aliphatic heterocycles. The van der Waals surface area contributed by atoms with Crippen molar-refractivity contribution in [2.24, 2.45) is 4.36 Å². The summed E-state index contributed by atoms with van der Waals surface area (Å²) < 4.78 is 16.3. The molecule has 5 heteroatoms. The lowest BCUT2D eigenvalue weighted by Gasteiger charge is -2.04. The number of aromatic carboxylic acids is 1. The number of carboxylic acids is 1. The summed E-state index contributed by atoms with van der Waals surface area (Å²) in [4.78, 5) is 11.4. The van der Waals surface area contributed by atoms with E-state index in [1.807, 2.05) is 0 Å². The van der Waals surface area contributed by atoms with Gasteiger partial charge in [0.1, 0.15) is 0 Å². The molecule has 0 aromatic heterocycles. The topological polar surface area (TPSA) is 66.7 Å². The van der Waals surface area contributed by atoms with E-state index in [2.05, 4.69) is 4.36 Å². The molecule has 1 aromatic carbocycles. The summed E-state index contributed by atoms with van der Waals surface area (Å²) in [6, 6.07) is 4.71. The highest BCUT2D eigenvalue weighted by Gasteiger charge is 2.22. The van der Waals surface area contributed by atoms with Crippen LogP contribution in [0.5, 0.6) is 0 Å². The zero-order valence-electron chi connectivity index (χ0n) is 8.27. The molecule has 0 radical (unpaired) electrons. The number of nitrogens with zero attached hydrogens (tertiary/aromatic N) is 1. The molecule has 1 heterocycles. The van der Waals surface area contributed by atoms with Gasteiger partial charge in [0.25, 0.3) is 0 Å². The van der Waals surface area contributed by atoms with E-state index in [1.54, 1.807) is 13.0 Å². The Morgan fingerprint density at radius 1 is 1.60 bits per heavy atom. The van der Waals surface area contributed by atoms with Gasteiger partial charge in [-0.25, -0.2) is 13.4 Å². The van der Waals surface area contributed by atoms with Crippen LogP contribution in [0.1, 0.15) is 22.8 Å². The van der Waals surface area contributed by atoms with E-state index >= 15 is 0 Å². The van der Waals surface area contributed by atoms with Crippen LogP contribution in [0, 0.1) is 0 Å². The van der Waals surface area contributed by atoms with E-state index in [9.17, 15) is 9.00 Å². The fourth-order valence-corrected chi connectivity index (χ4v) is 3.44. The highest BCUT2D eigenvalue weighted by Crippen LogP contribution is 2.28. The molecule has 0 aliphatic carbocycles. The Bertz CT molecular complexity index is 542. The SMILES string of the molecule is CCS1(=O)=NCc2ccc(C(=O)O)cc21. The third kappa shape index (κ3) is 1.52. The van der Waals surface area contributed by atoms with Crippen LogP contribution in [-0.2, 0) is 16.3 Å². The van der Waals surface area contributed by atoms with Crippen LogP contribution in [0.4, 0.5) is 0 Å². The van der Waals surface area contributed by atoms with Crippen molar-refractivity contribution in [2.45, 2.75) is 18.4 Å². The van der Waals surface area contributed by atoms with Crippen molar-refractivity contribution in [1.82, 2.24) is 0 Å². The molecule has 1 unspecified atom stereocenters. The number of rotatable bonds is 2. The number of benzene rings is 1. The summed E-state index contributed by atoms with van der Waals surface area (Å²) in [6.45, 7) is 2.23. The first kappa shape index (κ1) is 10.2. The maximum absolute atomic E-state index is 12.2. The second-order valence-corrected chi connectivity index (χ2v) is 5.90. The van der Waals surface area contributed by atoms with E-state index in [1.165, 1.54) is 12.1 Å². The van der Waals surface area contributed by atoms with Gasteiger partial charge in [-0.05, 0) is 17.7 Å². The average molecular weight is 225 g/mol. The molecule has 0 saturated heterocycles. The molecule has 4 nitrogen and oxygen atoms in total. The van der Waals surface area contributed by atoms with Gasteiger partial charge in [0.05, 0.1) is 26.7 Å². The van der Waals surface area contributed by atoms with Crippen molar-refractivity contribution < 1.29 is 14.1 Å². The van der Waals surface area contributed by atoms with E-state index in [-0.39, 0.29) is 5.56 Å². The molecular formula is C10H11NO3S. The van der Waals surface area contributed by atoms with Crippen LogP contribution in [0.3, 0.4) is 0 Å². The molecule has 1 aromatic rings. The fourth-order valence-electron chi connectivity index (χ4n) is 1.61. The second kappa shape index (κ2) is 3.34. The van der Waals surface area contributed by atoms with Crippen LogP contribution in [0.15, 0.2) is 27.5 Å². The molecule has 0 fully saturated rings. The van der Waals surface area contributed by atoms with Gasteiger partial charge in [0.15, 0.2) is 0 Å². The van der Waals surface area contributed by atoms with E-state index in [0.717, 1.165) is 5.56 Å². The van der Waals surface area contributed by atoms with E-state index in [0.29, 0.717) is 17.2 Å². The van der Waals surface area contributed by atoms with Gasteiger partial charge in [-0.1, -0.05) is 13.0 Å². The molecule has 1 aliphatic rings. The van der Waals surface area contributed by atoms with Crippen LogP contribution < -0.4 is 0 Å². The molecule has 0 spiro atoms. The number of carbonyl (C=O) groups is 1. The van der Waals surface area contributed by atoms with Crippen molar-refractivity contribution in [2.75, 3.05) is 5.75 Å². The van der Waals surface area contributed by atoms with Gasteiger partial charge in [-0.3, -0.25) is 0 Å². The van der Waals surface area contributed by atoms with Crippen LogP contribution in [0.2, 0.25) is 0 Å². The molecule has 1 N–H and O–H groups in total. The Hall–Kier alpha value is -1.36. The van der Waals surface area contributed by atoms with E-state index < -0.39 is 15.7 Å². The van der Waals surface area contributed by atoms with Crippen molar-refractivity contribution in [3.05, 3.63) is 29.3 Å². The molecule has 0 bridgehead atoms. The summed E-state index contributed by atoms with van der Waals surface area (Å²) in [5.74, 6) is -0.564. The van der Waals surface area contributed by atoms with Crippen molar-refractivity contribution >= 4 is 15.7 Å². The minimum absolute atomic E-state index is 0.173. The summed E-state index contributed by atoms with van der Waals surface area (Å²) in [7, 11) is -2.35. The molecular weight excluding hydrogens is 214 g/mol. The smallest absolute Gasteiger partial charge is 0.335 e. The quantitative estimate of drug-likeness (QED) is 0.833. The second-order valence-electron chi connectivity index (χ2n) is 3.34. The lowest BCUT2D eigenvalue weighted by molar-refractivity contribution is 0.0696. The predicted octanol–water partition coefficient (Wildman–Crippen LogP) is 1.75. The van der Waals surface area contributed by atoms with Gasteiger partial charge in [-0.15, -0.1) is 0 Å². The molecule has 80 valence electrons. The van der Waals surface area contributed by atoms with Gasteiger partial charge in [0, 0.05) is 5.75 Å². The van der Waals surface area contributed by atoms with Crippen molar-refractivity contribution in [3.8, 4) is 0 Å². The zero-order chi connectivity index (χ0) is 11.1. The Morgan fingerprint density at radius 2 is 2.33 bits per heavy atom. The molecule has 0 saturated carbocycles. The predicted molar refractivity (Wildman–Crippen MR) is 56.5 cm³/mol. The van der Waals surface area contributed by atoms with Gasteiger partial charge >= 0.3 is 5.97 Å². The minimum atomic E-state index is -2.35. The normalized spacial score (nSPS) is 23.3. The standard InChI is InChI=1S/C10H11NO3S/c1-2-15(14)9-5-7(10(12)13)3-4-8(9)6-11-15/h3-5H,2,6H2,1H3,(H,12,13). The molecule has 2 rings (SSSR count). The number of hydrogen-bond donors (Lipinski definition) is 1. The Labute approximate surface area is 88.1 Å². The maximum Gasteiger partial charge on any atom is 0.335 e. The van der Waals surface area contributed by atoms with Gasteiger partial charge < -0.3 is 5.11 Å². The first-order chi connectivity index (χ1) is 7.07. The number of fused-ring (bicyclic) bond motifs is 1. The highest BCUT2D eigenvalue weighted by atomic mass is 32.2. The van der Waals surface area contributed by atoms with E-state index in [4.69, 9.17) is 5.11 Å². The van der Waals surface area contributed by atoms with Crippen molar-refractivity contribution in [3.63, 3.8) is 0 Å². The summed E-state index contributed by atoms with van der Waals surface area (Å²) in [5, 5.41) is 8.84. The third-order valence-electron chi connectivity index (χ3n) is 2.49. The zero-order valence-corrected chi connectivity index (χ0v) is 9.08. The van der Waals surface area contributed by atoms with Gasteiger partial charge in [0.2, 0.25) is 0 Å². The lowest BCUT2D eigenvalue weighted by atomic mass is 10.1. The minimum Gasteiger partial charge on any atom is -0.478 e. The molecule has 0 amide bonds. The van der Waals surface area contributed by atoms with Crippen LogP contribution >= 0.6 is 0 Å². The number of carboxylic acid groups (broad SMARTS) is 1. The monoisotopic (exact) mass is 225 g/mol. The van der Waals surface area contributed by atoms with Gasteiger partial charge in [-0.2, -0.15) is 0 Å². The van der Waals surface area contributed by atoms with Crippen LogP contribution in [-0.4, -0.2) is 21.0 Å². The maximum atomic E-state index is 12.2. The first-order valence-electron chi connectivity index (χ1n) is 4.63. The Kier molecular flexibility index (Phi) is 2.26. The van der Waals surface area contributed by atoms with Crippen molar-refractivity contribution in [1.29, 1.82) is 0 Å². The Morgan fingerprint density at radius 3 is 2.93 bits per heavy atom. The largest absolute Gasteiger partial charge is 0.478 e. The number of hydrogen-bond acceptors (Lipinski definition) is 3. The summed E-state index contributed by atoms with van der Waals surface area (Å²) in [5.41, 5.74) is 1.05. The lowest BCUT2D eigenvalue weighted by Crippen LogP contribution is -2.04. The molecule has 15 heavy (non-hydrogen) atoms. The Balaban J connectivity index is 2.63. The summed E-state index contributed by atoms with van der Waals surface area (Å²) in [6.07, 6.45) is 0. The first-order valence-corrected chi connectivity index (χ1v) is 6.32. The van der Waals surface area contributed by atoms with Crippen LogP contribution in [0.25, 0.3) is 0 Å². The summed E-state index contributed by atoms with van der Waals surface area (Å²) >= 11 is 0. The third-order valence-corrected chi connectivity index (χ3v) is 4.89. The fraction of sp³-hybridized carbons (Fsp3) is 0.300.